The Bertz CT molecular complexity index is 395. The minimum atomic E-state index is -0.480. The van der Waals surface area contributed by atoms with E-state index in [2.05, 4.69) is 10.3 Å². The number of nitrogens with one attached hydrogen (secondary N) is 1. The maximum Gasteiger partial charge on any atom is 0.435 e. The molecule has 0 unspecified atom stereocenters. The smallest absolute Gasteiger partial charge is 0.390 e. The Morgan fingerprint density at radius 1 is 1.67 bits per heavy atom. The predicted octanol–water partition coefficient (Wildman–Crippen LogP) is 1.08. The average Bonchev–Trinajstić information content (AvgIpc) is 2.47. The third-order valence-corrected chi connectivity index (χ3v) is 2.05. The van der Waals surface area contributed by atoms with E-state index in [0.29, 0.717) is 12.2 Å². The Morgan fingerprint density at radius 2 is 2.33 bits per heavy atom. The summed E-state index contributed by atoms with van der Waals surface area (Å²) in [4.78, 5) is 14.1. The Hall–Kier alpha value is -1.69. The van der Waals surface area contributed by atoms with Crippen LogP contribution in [0.1, 0.15) is 18.3 Å². The van der Waals surface area contributed by atoms with E-state index in [4.69, 9.17) is 0 Å². The van der Waals surface area contributed by atoms with Crippen molar-refractivity contribution in [1.82, 2.24) is 14.9 Å². The lowest BCUT2D eigenvalue weighted by molar-refractivity contribution is -0.396. The van der Waals surface area contributed by atoms with Crippen LogP contribution in [0.3, 0.4) is 0 Å². The highest BCUT2D eigenvalue weighted by Gasteiger charge is 2.22. The Morgan fingerprint density at radius 3 is 2.80 bits per heavy atom. The van der Waals surface area contributed by atoms with Crippen molar-refractivity contribution in [1.29, 1.82) is 0 Å². The molecule has 1 aromatic rings. The van der Waals surface area contributed by atoms with Crippen molar-refractivity contribution in [2.45, 2.75) is 13.5 Å². The number of allylic oxidation sites excluding steroid dienone is 1. The van der Waals surface area contributed by atoms with Crippen molar-refractivity contribution >= 4 is 12.0 Å². The molecule has 0 aromatic carbocycles. The van der Waals surface area contributed by atoms with Gasteiger partial charge in [-0.15, -0.1) is 0 Å². The molecule has 6 nitrogen and oxygen atoms in total. The highest BCUT2D eigenvalue weighted by atomic mass is 16.6. The van der Waals surface area contributed by atoms with Crippen LogP contribution < -0.4 is 5.32 Å². The van der Waals surface area contributed by atoms with Gasteiger partial charge in [0.15, 0.2) is 5.69 Å². The van der Waals surface area contributed by atoms with Crippen molar-refractivity contribution in [3.8, 4) is 0 Å². The van der Waals surface area contributed by atoms with Crippen molar-refractivity contribution in [2.75, 3.05) is 7.05 Å². The van der Waals surface area contributed by atoms with Crippen LogP contribution in [-0.4, -0.2) is 21.5 Å². The fourth-order valence-electron chi connectivity index (χ4n) is 1.37. The van der Waals surface area contributed by atoms with Crippen LogP contribution in [-0.2, 0) is 13.6 Å². The molecular weight excluding hydrogens is 196 g/mol. The molecule has 1 N–H and O–H groups in total. The highest BCUT2D eigenvalue weighted by molar-refractivity contribution is 5.49. The lowest BCUT2D eigenvalue weighted by atomic mass is 10.3. The van der Waals surface area contributed by atoms with Gasteiger partial charge >= 0.3 is 5.95 Å². The molecule has 0 aliphatic rings. The van der Waals surface area contributed by atoms with Crippen LogP contribution in [0.4, 0.5) is 5.95 Å². The first kappa shape index (κ1) is 11.4. The quantitative estimate of drug-likeness (QED) is 0.596. The number of hydrogen-bond donors (Lipinski definition) is 1. The molecule has 1 rings (SSSR count). The summed E-state index contributed by atoms with van der Waals surface area (Å²) in [6.45, 7) is 2.40. The third kappa shape index (κ3) is 2.21. The lowest BCUT2D eigenvalue weighted by Gasteiger charge is -1.98. The van der Waals surface area contributed by atoms with Crippen molar-refractivity contribution < 1.29 is 4.92 Å². The maximum atomic E-state index is 10.7. The fraction of sp³-hybridized carbons (Fsp3) is 0.444. The Balaban J connectivity index is 3.25. The van der Waals surface area contributed by atoms with Crippen LogP contribution in [0.2, 0.25) is 0 Å². The zero-order valence-electron chi connectivity index (χ0n) is 9.02. The summed E-state index contributed by atoms with van der Waals surface area (Å²) in [6, 6.07) is 0. The Kier molecular flexibility index (Phi) is 3.56. The SMILES string of the molecule is C/C=C\c1nc([N+](=O)[O-])n(C)c1CNC. The molecule has 0 amide bonds. The lowest BCUT2D eigenvalue weighted by Crippen LogP contribution is -2.11. The predicted molar refractivity (Wildman–Crippen MR) is 57.3 cm³/mol. The van der Waals surface area contributed by atoms with Gasteiger partial charge < -0.3 is 15.4 Å². The first-order valence-corrected chi connectivity index (χ1v) is 4.59. The second-order valence-electron chi connectivity index (χ2n) is 3.09. The molecular formula is C9H14N4O2. The van der Waals surface area contributed by atoms with Gasteiger partial charge in [0.2, 0.25) is 0 Å². The molecule has 1 aromatic heterocycles. The standard InChI is InChI=1S/C9H14N4O2/c1-4-5-7-8(6-10-2)12(3)9(11-7)13(14)15/h4-5,10H,6H2,1-3H3/b5-4-. The zero-order valence-corrected chi connectivity index (χ0v) is 9.02. The van der Waals surface area contributed by atoms with Crippen molar-refractivity contribution in [3.05, 3.63) is 27.6 Å². The van der Waals surface area contributed by atoms with Gasteiger partial charge in [0.25, 0.3) is 0 Å². The molecule has 0 spiro atoms. The van der Waals surface area contributed by atoms with Gasteiger partial charge in [-0.2, -0.15) is 0 Å². The van der Waals surface area contributed by atoms with Crippen LogP contribution in [0.15, 0.2) is 6.08 Å². The van der Waals surface area contributed by atoms with Gasteiger partial charge in [-0.1, -0.05) is 11.1 Å². The van der Waals surface area contributed by atoms with Crippen LogP contribution >= 0.6 is 0 Å². The molecule has 1 heterocycles. The molecule has 0 bridgehead atoms. The van der Waals surface area contributed by atoms with E-state index in [1.54, 1.807) is 20.2 Å². The molecule has 0 saturated heterocycles. The van der Waals surface area contributed by atoms with Crippen molar-refractivity contribution in [3.63, 3.8) is 0 Å². The van der Waals surface area contributed by atoms with Gasteiger partial charge in [0.1, 0.15) is 5.69 Å². The van der Waals surface area contributed by atoms with E-state index < -0.39 is 4.92 Å². The summed E-state index contributed by atoms with van der Waals surface area (Å²) in [5.74, 6) is -0.131. The molecule has 15 heavy (non-hydrogen) atoms. The molecule has 0 radical (unpaired) electrons. The number of hydrogen-bond acceptors (Lipinski definition) is 4. The largest absolute Gasteiger partial charge is 0.435 e. The van der Waals surface area contributed by atoms with E-state index in [1.807, 2.05) is 13.0 Å². The molecule has 0 aliphatic carbocycles. The Labute approximate surface area is 87.8 Å². The van der Waals surface area contributed by atoms with Gasteiger partial charge in [0.05, 0.1) is 13.6 Å². The fourth-order valence-corrected chi connectivity index (χ4v) is 1.37. The molecule has 0 saturated carbocycles. The van der Waals surface area contributed by atoms with Gasteiger partial charge in [-0.05, 0) is 25.0 Å². The molecule has 0 atom stereocenters. The minimum Gasteiger partial charge on any atom is -0.390 e. The van der Waals surface area contributed by atoms with Crippen molar-refractivity contribution in [2.24, 2.45) is 7.05 Å². The highest BCUT2D eigenvalue weighted by Crippen LogP contribution is 2.17. The monoisotopic (exact) mass is 210 g/mol. The average molecular weight is 210 g/mol. The molecule has 0 aliphatic heterocycles. The number of rotatable bonds is 4. The van der Waals surface area contributed by atoms with E-state index in [0.717, 1.165) is 5.69 Å². The maximum absolute atomic E-state index is 10.7. The summed E-state index contributed by atoms with van der Waals surface area (Å²) in [5.41, 5.74) is 1.45. The van der Waals surface area contributed by atoms with E-state index >= 15 is 0 Å². The van der Waals surface area contributed by atoms with Crippen LogP contribution in [0, 0.1) is 10.1 Å². The summed E-state index contributed by atoms with van der Waals surface area (Å²) < 4.78 is 1.49. The normalized spacial score (nSPS) is 11.1. The number of imidazole rings is 1. The topological polar surface area (TPSA) is 73.0 Å². The first-order chi connectivity index (χ1) is 7.11. The zero-order chi connectivity index (χ0) is 11.4. The number of nitrogens with zero attached hydrogens (tertiary/aromatic N) is 3. The molecule has 0 fully saturated rings. The number of nitro groups is 1. The first-order valence-electron chi connectivity index (χ1n) is 4.59. The number of aromatic nitrogens is 2. The second-order valence-corrected chi connectivity index (χ2v) is 3.09. The van der Waals surface area contributed by atoms with Gasteiger partial charge in [-0.3, -0.25) is 0 Å². The third-order valence-electron chi connectivity index (χ3n) is 2.05. The van der Waals surface area contributed by atoms with Gasteiger partial charge in [0, 0.05) is 0 Å². The van der Waals surface area contributed by atoms with Gasteiger partial charge in [-0.25, -0.2) is 4.57 Å². The summed E-state index contributed by atoms with van der Waals surface area (Å²) in [6.07, 6.45) is 3.57. The molecule has 82 valence electrons. The minimum absolute atomic E-state index is 0.131. The van der Waals surface area contributed by atoms with Crippen LogP contribution in [0.5, 0.6) is 0 Å². The summed E-state index contributed by atoms with van der Waals surface area (Å²) in [7, 11) is 3.43. The molecule has 6 heteroatoms. The summed E-state index contributed by atoms with van der Waals surface area (Å²) in [5, 5.41) is 13.6. The van der Waals surface area contributed by atoms with E-state index in [1.165, 1.54) is 4.57 Å². The second kappa shape index (κ2) is 4.70. The van der Waals surface area contributed by atoms with Crippen LogP contribution in [0.25, 0.3) is 6.08 Å². The van der Waals surface area contributed by atoms with E-state index in [9.17, 15) is 10.1 Å². The summed E-state index contributed by atoms with van der Waals surface area (Å²) >= 11 is 0. The van der Waals surface area contributed by atoms with E-state index in [-0.39, 0.29) is 5.95 Å².